The molecule has 0 radical (unpaired) electrons. The highest BCUT2D eigenvalue weighted by Gasteiger charge is 2.50. The predicted octanol–water partition coefficient (Wildman–Crippen LogP) is 3.03. The van der Waals surface area contributed by atoms with E-state index in [2.05, 4.69) is 0 Å². The van der Waals surface area contributed by atoms with Crippen LogP contribution in [0.5, 0.6) is 5.75 Å². The molecule has 5 heterocycles. The Hall–Kier alpha value is -4.19. The van der Waals surface area contributed by atoms with Gasteiger partial charge in [-0.1, -0.05) is 20.8 Å². The van der Waals surface area contributed by atoms with Crippen molar-refractivity contribution in [2.45, 2.75) is 58.8 Å². The topological polar surface area (TPSA) is 145 Å². The fourth-order valence-electron chi connectivity index (χ4n) is 6.33. The second kappa shape index (κ2) is 10.8. The molecule has 6 rings (SSSR count). The number of rotatable bonds is 8. The number of amides is 2. The molecule has 3 aliphatic rings. The molecule has 12 heteroatoms. The minimum absolute atomic E-state index is 0.0459. The van der Waals surface area contributed by atoms with Crippen molar-refractivity contribution >= 4 is 46.4 Å². The lowest BCUT2D eigenvalue weighted by atomic mass is 9.85. The Balaban J connectivity index is 1.31. The molecular formula is C31H31N3O8S. The van der Waals surface area contributed by atoms with E-state index in [-0.39, 0.29) is 72.9 Å². The number of ether oxygens (including phenoxy) is 2. The average Bonchev–Trinajstić information content (AvgIpc) is 3.46. The van der Waals surface area contributed by atoms with Crippen LogP contribution >= 0.6 is 11.8 Å². The Morgan fingerprint density at radius 3 is 2.67 bits per heavy atom. The summed E-state index contributed by atoms with van der Waals surface area (Å²) in [5.74, 6) is -1.86. The van der Waals surface area contributed by atoms with E-state index in [1.165, 1.54) is 16.7 Å². The van der Waals surface area contributed by atoms with Crippen LogP contribution in [-0.2, 0) is 53.8 Å². The summed E-state index contributed by atoms with van der Waals surface area (Å²) in [5.41, 5.74) is 2.04. The van der Waals surface area contributed by atoms with Gasteiger partial charge in [-0.15, -0.1) is 11.8 Å². The highest BCUT2D eigenvalue weighted by atomic mass is 32.2. The lowest BCUT2D eigenvalue weighted by Crippen LogP contribution is -2.47. The molecule has 1 unspecified atom stereocenters. The van der Waals surface area contributed by atoms with Crippen LogP contribution in [0.4, 0.5) is 0 Å². The Labute approximate surface area is 251 Å². The fourth-order valence-corrected chi connectivity index (χ4v) is 7.01. The van der Waals surface area contributed by atoms with Gasteiger partial charge < -0.3 is 19.1 Å². The van der Waals surface area contributed by atoms with Crippen LogP contribution in [0.15, 0.2) is 29.1 Å². The van der Waals surface area contributed by atoms with Crippen molar-refractivity contribution in [2.75, 3.05) is 18.1 Å². The number of cyclic esters (lactones) is 1. The first-order valence-corrected chi connectivity index (χ1v) is 15.5. The van der Waals surface area contributed by atoms with Crippen molar-refractivity contribution in [1.29, 1.82) is 0 Å². The summed E-state index contributed by atoms with van der Waals surface area (Å²) >= 11 is 1.19. The summed E-state index contributed by atoms with van der Waals surface area (Å²) in [6.07, 6.45) is 0.891. The summed E-state index contributed by atoms with van der Waals surface area (Å²) in [4.78, 5) is 70.4. The molecule has 3 aliphatic heterocycles. The molecule has 1 fully saturated rings. The molecular weight excluding hydrogens is 574 g/mol. The quantitative estimate of drug-likeness (QED) is 0.181. The Morgan fingerprint density at radius 1 is 1.19 bits per heavy atom. The van der Waals surface area contributed by atoms with Gasteiger partial charge >= 0.3 is 11.9 Å². The Kier molecular flexibility index (Phi) is 7.27. The number of esters is 2. The van der Waals surface area contributed by atoms with Crippen molar-refractivity contribution in [3.05, 3.63) is 56.9 Å². The maximum absolute atomic E-state index is 13.8. The number of carbonyl (C=O) groups is 4. The molecule has 3 aromatic rings. The van der Waals surface area contributed by atoms with Gasteiger partial charge in [-0.25, -0.2) is 9.78 Å². The number of phenolic OH excluding ortho intramolecular Hbond substituents is 1. The van der Waals surface area contributed by atoms with Gasteiger partial charge in [0.2, 0.25) is 17.4 Å². The van der Waals surface area contributed by atoms with E-state index in [1.54, 1.807) is 42.7 Å². The van der Waals surface area contributed by atoms with Gasteiger partial charge in [0.1, 0.15) is 12.4 Å². The number of aromatic hydroxyl groups is 1. The van der Waals surface area contributed by atoms with Gasteiger partial charge in [0, 0.05) is 41.1 Å². The lowest BCUT2D eigenvalue weighted by molar-refractivity contribution is -0.187. The Morgan fingerprint density at radius 2 is 1.98 bits per heavy atom. The molecule has 43 heavy (non-hydrogen) atoms. The van der Waals surface area contributed by atoms with E-state index >= 15 is 0 Å². The van der Waals surface area contributed by atoms with E-state index in [9.17, 15) is 29.1 Å². The van der Waals surface area contributed by atoms with Crippen LogP contribution in [-0.4, -0.2) is 61.4 Å². The van der Waals surface area contributed by atoms with Crippen LogP contribution in [0.25, 0.3) is 22.3 Å². The largest absolute Gasteiger partial charge is 0.508 e. The van der Waals surface area contributed by atoms with Crippen molar-refractivity contribution in [1.82, 2.24) is 14.5 Å². The normalized spacial score (nSPS) is 20.7. The minimum Gasteiger partial charge on any atom is -0.508 e. The predicted molar refractivity (Wildman–Crippen MR) is 157 cm³/mol. The fraction of sp³-hybridized carbons (Fsp3) is 0.419. The molecule has 2 amide bonds. The second-order valence-electron chi connectivity index (χ2n) is 11.1. The van der Waals surface area contributed by atoms with Gasteiger partial charge in [-0.3, -0.25) is 24.1 Å². The first kappa shape index (κ1) is 28.9. The van der Waals surface area contributed by atoms with Crippen LogP contribution < -0.4 is 5.56 Å². The minimum atomic E-state index is -1.81. The van der Waals surface area contributed by atoms with Gasteiger partial charge in [-0.05, 0) is 42.7 Å². The van der Waals surface area contributed by atoms with E-state index < -0.39 is 17.5 Å². The molecule has 1 saturated heterocycles. The third-order valence-electron chi connectivity index (χ3n) is 8.55. The smallest absolute Gasteiger partial charge is 0.355 e. The van der Waals surface area contributed by atoms with Crippen molar-refractivity contribution in [2.24, 2.45) is 5.92 Å². The number of nitrogens with zero attached hydrogens (tertiary/aromatic N) is 3. The molecule has 224 valence electrons. The number of aromatic nitrogens is 2. The molecule has 0 spiro atoms. The number of phenols is 1. The molecule has 0 bridgehead atoms. The van der Waals surface area contributed by atoms with Crippen molar-refractivity contribution < 1.29 is 33.8 Å². The molecule has 0 aliphatic carbocycles. The highest BCUT2D eigenvalue weighted by Crippen LogP contribution is 2.42. The first-order valence-electron chi connectivity index (χ1n) is 14.3. The number of thioether (sulfide) groups is 1. The zero-order valence-electron chi connectivity index (χ0n) is 24.1. The van der Waals surface area contributed by atoms with Gasteiger partial charge in [0.15, 0.2) is 0 Å². The summed E-state index contributed by atoms with van der Waals surface area (Å²) < 4.78 is 12.9. The highest BCUT2D eigenvalue weighted by molar-refractivity contribution is 7.99. The summed E-state index contributed by atoms with van der Waals surface area (Å²) in [7, 11) is 0. The van der Waals surface area contributed by atoms with Crippen molar-refractivity contribution in [3.63, 3.8) is 0 Å². The number of likely N-dealkylation sites (tertiary alicyclic amines) is 1. The number of benzene rings is 1. The molecule has 2 aromatic heterocycles. The number of imide groups is 1. The van der Waals surface area contributed by atoms with Gasteiger partial charge in [0.05, 0.1) is 34.8 Å². The third kappa shape index (κ3) is 4.59. The van der Waals surface area contributed by atoms with E-state index in [0.717, 1.165) is 16.5 Å². The standard InChI is InChI=1S/C31H31N3O8S/c1-4-18-19-11-17(35)6-7-23(19)32-27-20(18)13-34-24(27)12-22-21(29(34)39)14-41-30(40)31(22,5-2)42-26(37)15-43-9-8-33-25(36)10-16(3)28(33)38/h6-7,11-12,16,35H,4-5,8-10,13-15H2,1-3H3/t16?,31-/m0/s1. The second-order valence-corrected chi connectivity index (χ2v) is 12.2. The zero-order chi connectivity index (χ0) is 30.6. The number of pyridine rings is 2. The first-order chi connectivity index (χ1) is 20.6. The maximum atomic E-state index is 13.8. The summed E-state index contributed by atoms with van der Waals surface area (Å²) in [6, 6.07) is 6.68. The van der Waals surface area contributed by atoms with Gasteiger partial charge in [0.25, 0.3) is 5.56 Å². The molecule has 2 atom stereocenters. The summed E-state index contributed by atoms with van der Waals surface area (Å²) in [6.45, 7) is 5.63. The molecule has 11 nitrogen and oxygen atoms in total. The lowest BCUT2D eigenvalue weighted by Gasteiger charge is -2.35. The zero-order valence-corrected chi connectivity index (χ0v) is 24.9. The summed E-state index contributed by atoms with van der Waals surface area (Å²) in [5, 5.41) is 10.9. The number of hydrogen-bond donors (Lipinski definition) is 1. The van der Waals surface area contributed by atoms with Crippen LogP contribution in [0.1, 0.15) is 55.9 Å². The van der Waals surface area contributed by atoms with Crippen LogP contribution in [0.3, 0.4) is 0 Å². The molecule has 1 N–H and O–H groups in total. The van der Waals surface area contributed by atoms with E-state index in [0.29, 0.717) is 34.6 Å². The molecule has 0 saturated carbocycles. The number of hydrogen-bond acceptors (Lipinski definition) is 10. The van der Waals surface area contributed by atoms with Crippen LogP contribution in [0.2, 0.25) is 0 Å². The van der Waals surface area contributed by atoms with Gasteiger partial charge in [-0.2, -0.15) is 0 Å². The number of carbonyl (C=O) groups excluding carboxylic acids is 4. The monoisotopic (exact) mass is 605 g/mol. The van der Waals surface area contributed by atoms with Crippen molar-refractivity contribution in [3.8, 4) is 17.1 Å². The molecule has 1 aromatic carbocycles. The number of aryl methyl sites for hydroxylation is 1. The Bertz CT molecular complexity index is 1780. The number of fused-ring (bicyclic) bond motifs is 5. The van der Waals surface area contributed by atoms with E-state index in [4.69, 9.17) is 14.5 Å². The maximum Gasteiger partial charge on any atom is 0.355 e. The van der Waals surface area contributed by atoms with Crippen LogP contribution in [0, 0.1) is 5.92 Å². The SMILES string of the molecule is CCc1c2c(nc3ccc(O)cc13)-c1cc3c(c(=O)n1C2)COC(=O)[C@@]3(CC)OC(=O)CSCCN1C(=O)CC(C)C1=O. The van der Waals surface area contributed by atoms with E-state index in [1.807, 2.05) is 6.92 Å². The third-order valence-corrected chi connectivity index (χ3v) is 9.46. The average molecular weight is 606 g/mol.